The number of nitrogens with zero attached hydrogens (tertiary/aromatic N) is 1. The second kappa shape index (κ2) is 6.92. The maximum absolute atomic E-state index is 11.5. The molecule has 0 saturated heterocycles. The number of amides is 1. The van der Waals surface area contributed by atoms with Crippen LogP contribution < -0.4 is 15.4 Å². The van der Waals surface area contributed by atoms with E-state index in [2.05, 4.69) is 16.7 Å². The van der Waals surface area contributed by atoms with E-state index in [0.29, 0.717) is 6.04 Å². The van der Waals surface area contributed by atoms with Gasteiger partial charge in [0.15, 0.2) is 6.61 Å². The summed E-state index contributed by atoms with van der Waals surface area (Å²) >= 11 is 0. The summed E-state index contributed by atoms with van der Waals surface area (Å²) in [5, 5.41) is 14.2. The van der Waals surface area contributed by atoms with Crippen LogP contribution in [0.4, 0.5) is 0 Å². The molecule has 1 aromatic rings. The van der Waals surface area contributed by atoms with Crippen molar-refractivity contribution in [1.29, 1.82) is 5.26 Å². The van der Waals surface area contributed by atoms with Crippen LogP contribution in [0.5, 0.6) is 5.75 Å². The van der Waals surface area contributed by atoms with Crippen molar-refractivity contribution in [3.8, 4) is 11.8 Å². The van der Waals surface area contributed by atoms with Crippen molar-refractivity contribution >= 4 is 5.91 Å². The largest absolute Gasteiger partial charge is 0.483 e. The lowest BCUT2D eigenvalue weighted by atomic mass is 9.87. The number of hydrogen-bond donors (Lipinski definition) is 2. The molecule has 0 saturated carbocycles. The van der Waals surface area contributed by atoms with Crippen molar-refractivity contribution < 1.29 is 9.53 Å². The number of benzene rings is 1. The Morgan fingerprint density at radius 1 is 1.55 bits per heavy atom. The van der Waals surface area contributed by atoms with Gasteiger partial charge in [-0.2, -0.15) is 5.26 Å². The van der Waals surface area contributed by atoms with Crippen LogP contribution in [-0.2, 0) is 11.2 Å². The molecule has 1 aliphatic rings. The SMILES string of the molecule is CNC1CCCc2c(OCC(=O)NCC#N)cccc21. The Balaban J connectivity index is 2.06. The molecule has 5 heteroatoms. The van der Waals surface area contributed by atoms with E-state index in [4.69, 9.17) is 10.00 Å². The summed E-state index contributed by atoms with van der Waals surface area (Å²) in [5.74, 6) is 0.500. The van der Waals surface area contributed by atoms with E-state index in [-0.39, 0.29) is 19.1 Å². The zero-order chi connectivity index (χ0) is 14.4. The summed E-state index contributed by atoms with van der Waals surface area (Å²) in [4.78, 5) is 11.5. The summed E-state index contributed by atoms with van der Waals surface area (Å²) in [6.07, 6.45) is 3.21. The molecule has 1 aromatic carbocycles. The molecule has 0 heterocycles. The number of nitrogens with one attached hydrogen (secondary N) is 2. The van der Waals surface area contributed by atoms with E-state index in [0.717, 1.165) is 25.0 Å². The van der Waals surface area contributed by atoms with Crippen molar-refractivity contribution in [3.05, 3.63) is 29.3 Å². The third-order valence-electron chi connectivity index (χ3n) is 3.54. The third-order valence-corrected chi connectivity index (χ3v) is 3.54. The minimum atomic E-state index is -0.273. The zero-order valence-corrected chi connectivity index (χ0v) is 11.6. The first-order valence-electron chi connectivity index (χ1n) is 6.81. The fourth-order valence-electron chi connectivity index (χ4n) is 2.58. The molecule has 5 nitrogen and oxygen atoms in total. The van der Waals surface area contributed by atoms with Crippen molar-refractivity contribution in [2.45, 2.75) is 25.3 Å². The van der Waals surface area contributed by atoms with Crippen molar-refractivity contribution in [1.82, 2.24) is 10.6 Å². The molecular formula is C15H19N3O2. The van der Waals surface area contributed by atoms with Crippen LogP contribution in [0.3, 0.4) is 0 Å². The lowest BCUT2D eigenvalue weighted by Crippen LogP contribution is -2.29. The van der Waals surface area contributed by atoms with E-state index >= 15 is 0 Å². The average Bonchev–Trinajstić information content (AvgIpc) is 2.50. The van der Waals surface area contributed by atoms with Crippen LogP contribution in [0, 0.1) is 11.3 Å². The van der Waals surface area contributed by atoms with Crippen LogP contribution in [0.2, 0.25) is 0 Å². The smallest absolute Gasteiger partial charge is 0.258 e. The van der Waals surface area contributed by atoms with Crippen molar-refractivity contribution in [3.63, 3.8) is 0 Å². The molecule has 0 bridgehead atoms. The molecule has 20 heavy (non-hydrogen) atoms. The zero-order valence-electron chi connectivity index (χ0n) is 11.6. The molecular weight excluding hydrogens is 254 g/mol. The van der Waals surface area contributed by atoms with E-state index in [9.17, 15) is 4.79 Å². The maximum atomic E-state index is 11.5. The highest BCUT2D eigenvalue weighted by Crippen LogP contribution is 2.34. The molecule has 0 fully saturated rings. The molecule has 1 atom stereocenters. The molecule has 1 amide bonds. The van der Waals surface area contributed by atoms with E-state index in [1.807, 2.05) is 25.2 Å². The van der Waals surface area contributed by atoms with Gasteiger partial charge in [-0.25, -0.2) is 0 Å². The summed E-state index contributed by atoms with van der Waals surface area (Å²) in [6.45, 7) is -0.0424. The lowest BCUT2D eigenvalue weighted by Gasteiger charge is -2.26. The van der Waals surface area contributed by atoms with Gasteiger partial charge >= 0.3 is 0 Å². The monoisotopic (exact) mass is 273 g/mol. The molecule has 1 unspecified atom stereocenters. The lowest BCUT2D eigenvalue weighted by molar-refractivity contribution is -0.122. The molecule has 1 aliphatic carbocycles. The second-order valence-electron chi connectivity index (χ2n) is 4.78. The van der Waals surface area contributed by atoms with E-state index in [1.54, 1.807) is 0 Å². The van der Waals surface area contributed by atoms with Crippen LogP contribution in [0.15, 0.2) is 18.2 Å². The molecule has 0 spiro atoms. The molecule has 106 valence electrons. The summed E-state index contributed by atoms with van der Waals surface area (Å²) < 4.78 is 5.61. The first kappa shape index (κ1) is 14.4. The van der Waals surface area contributed by atoms with Crippen molar-refractivity contribution in [2.24, 2.45) is 0 Å². The minimum absolute atomic E-state index is 0.0108. The summed E-state index contributed by atoms with van der Waals surface area (Å²) in [7, 11) is 1.96. The van der Waals surface area contributed by atoms with Gasteiger partial charge in [-0.1, -0.05) is 12.1 Å². The predicted molar refractivity (Wildman–Crippen MR) is 75.3 cm³/mol. The van der Waals surface area contributed by atoms with Crippen LogP contribution in [0.1, 0.15) is 30.0 Å². The van der Waals surface area contributed by atoms with Gasteiger partial charge in [-0.15, -0.1) is 0 Å². The summed E-state index contributed by atoms with van der Waals surface area (Å²) in [6, 6.07) is 8.18. The minimum Gasteiger partial charge on any atom is -0.483 e. The maximum Gasteiger partial charge on any atom is 0.258 e. The molecule has 2 N–H and O–H groups in total. The second-order valence-corrected chi connectivity index (χ2v) is 4.78. The molecule has 0 radical (unpaired) electrons. The van der Waals surface area contributed by atoms with Gasteiger partial charge in [0.05, 0.1) is 6.07 Å². The average molecular weight is 273 g/mol. The molecule has 0 aliphatic heterocycles. The first-order valence-corrected chi connectivity index (χ1v) is 6.81. The van der Waals surface area contributed by atoms with Crippen LogP contribution in [0.25, 0.3) is 0 Å². The van der Waals surface area contributed by atoms with Gasteiger partial charge in [0.25, 0.3) is 5.91 Å². The highest BCUT2D eigenvalue weighted by Gasteiger charge is 2.21. The van der Waals surface area contributed by atoms with Gasteiger partial charge in [0, 0.05) is 6.04 Å². The number of carbonyl (C=O) groups excluding carboxylic acids is 1. The Morgan fingerprint density at radius 2 is 2.40 bits per heavy atom. The Hall–Kier alpha value is -2.06. The fraction of sp³-hybridized carbons (Fsp3) is 0.467. The van der Waals surface area contributed by atoms with E-state index < -0.39 is 0 Å². The Bertz CT molecular complexity index is 522. The quantitative estimate of drug-likeness (QED) is 0.793. The Labute approximate surface area is 118 Å². The number of hydrogen-bond acceptors (Lipinski definition) is 4. The predicted octanol–water partition coefficient (Wildman–Crippen LogP) is 1.30. The van der Waals surface area contributed by atoms with Crippen LogP contribution >= 0.6 is 0 Å². The number of fused-ring (bicyclic) bond motifs is 1. The van der Waals surface area contributed by atoms with Gasteiger partial charge in [0.1, 0.15) is 12.3 Å². The number of ether oxygens (including phenoxy) is 1. The Kier molecular flexibility index (Phi) is 4.97. The number of carbonyl (C=O) groups is 1. The van der Waals surface area contributed by atoms with E-state index in [1.165, 1.54) is 11.1 Å². The van der Waals surface area contributed by atoms with Gasteiger partial charge in [-0.05, 0) is 43.5 Å². The van der Waals surface area contributed by atoms with Crippen LogP contribution in [-0.4, -0.2) is 26.1 Å². The van der Waals surface area contributed by atoms with Gasteiger partial charge in [-0.3, -0.25) is 4.79 Å². The topological polar surface area (TPSA) is 74.2 Å². The highest BCUT2D eigenvalue weighted by atomic mass is 16.5. The third kappa shape index (κ3) is 3.28. The number of nitriles is 1. The molecule has 2 rings (SSSR count). The summed E-state index contributed by atoms with van der Waals surface area (Å²) in [5.41, 5.74) is 2.44. The van der Waals surface area contributed by atoms with Gasteiger partial charge < -0.3 is 15.4 Å². The first-order chi connectivity index (χ1) is 9.76. The Morgan fingerprint density at radius 3 is 3.15 bits per heavy atom. The van der Waals surface area contributed by atoms with Gasteiger partial charge in [0.2, 0.25) is 0 Å². The number of rotatable bonds is 5. The fourth-order valence-corrected chi connectivity index (χ4v) is 2.58. The normalized spacial score (nSPS) is 16.9. The van der Waals surface area contributed by atoms with Crippen molar-refractivity contribution in [2.75, 3.05) is 20.2 Å². The molecule has 0 aromatic heterocycles. The highest BCUT2D eigenvalue weighted by molar-refractivity contribution is 5.77. The standard InChI is InChI=1S/C15H19N3O2/c1-17-13-6-2-5-12-11(13)4-3-7-14(12)20-10-15(19)18-9-8-16/h3-4,7,13,17H,2,5-6,9-10H2,1H3,(H,18,19).